The summed E-state index contributed by atoms with van der Waals surface area (Å²) >= 11 is 1.56. The van der Waals surface area contributed by atoms with Crippen LogP contribution in [0.2, 0.25) is 0 Å². The van der Waals surface area contributed by atoms with E-state index in [9.17, 15) is 4.79 Å². The average Bonchev–Trinajstić information content (AvgIpc) is 2.97. The van der Waals surface area contributed by atoms with E-state index in [2.05, 4.69) is 9.47 Å². The van der Waals surface area contributed by atoms with E-state index in [-0.39, 0.29) is 0 Å². The molecule has 194 valence electrons. The predicted octanol–water partition coefficient (Wildman–Crippen LogP) is 6.18. The Kier molecular flexibility index (Phi) is 10.8. The van der Waals surface area contributed by atoms with Gasteiger partial charge in [0, 0.05) is 9.79 Å². The van der Waals surface area contributed by atoms with E-state index >= 15 is 0 Å². The lowest BCUT2D eigenvalue weighted by molar-refractivity contribution is 0.0734. The number of nitriles is 4. The number of rotatable bonds is 8. The van der Waals surface area contributed by atoms with Crippen LogP contribution in [-0.4, -0.2) is 5.97 Å². The maximum Gasteiger partial charge on any atom is 0.343 e. The van der Waals surface area contributed by atoms with Crippen molar-refractivity contribution < 1.29 is 28.5 Å². The minimum Gasteiger partial charge on any atom is -0.423 e. The third-order valence-electron chi connectivity index (χ3n) is 4.66. The Labute approximate surface area is 233 Å². The Bertz CT molecular complexity index is 1520. The van der Waals surface area contributed by atoms with Gasteiger partial charge in [-0.25, -0.2) is 4.79 Å². The number of nitrogens with zero attached hydrogens (tertiary/aromatic N) is 4. The first kappa shape index (κ1) is 28.4. The Morgan fingerprint density at radius 1 is 0.475 bits per heavy atom. The number of hydrogen-bond acceptors (Lipinski definition) is 11. The summed E-state index contributed by atoms with van der Waals surface area (Å²) in [7, 11) is 0. The van der Waals surface area contributed by atoms with Gasteiger partial charge in [0.15, 0.2) is 0 Å². The summed E-state index contributed by atoms with van der Waals surface area (Å²) < 4.78 is 23.8. The van der Waals surface area contributed by atoms with Crippen molar-refractivity contribution in [3.05, 3.63) is 103 Å². The van der Waals surface area contributed by atoms with E-state index in [1.807, 2.05) is 24.3 Å². The van der Waals surface area contributed by atoms with Gasteiger partial charge in [0.05, 0.1) is 5.56 Å². The number of ether oxygens (including phenoxy) is 5. The van der Waals surface area contributed by atoms with Crippen molar-refractivity contribution in [1.29, 1.82) is 21.0 Å². The second kappa shape index (κ2) is 15.2. The Hall–Kier alpha value is -6.14. The Morgan fingerprint density at radius 2 is 0.775 bits per heavy atom. The maximum absolute atomic E-state index is 11.9. The van der Waals surface area contributed by atoms with Crippen LogP contribution in [0.4, 0.5) is 0 Å². The SMILES string of the molecule is N#COc1ccc(OC(=O)c2ccc(OC#N)cc2)cc1.N#COc1ccc(Sc2ccc(OC#N)cc2)cc1. The lowest BCUT2D eigenvalue weighted by Crippen LogP contribution is -2.08. The third-order valence-corrected chi connectivity index (χ3v) is 5.68. The molecule has 11 heteroatoms. The summed E-state index contributed by atoms with van der Waals surface area (Å²) in [5.41, 5.74) is 0.317. The van der Waals surface area contributed by atoms with Crippen LogP contribution >= 0.6 is 11.8 Å². The third kappa shape index (κ3) is 9.06. The van der Waals surface area contributed by atoms with E-state index in [1.54, 1.807) is 54.8 Å². The molecule has 10 nitrogen and oxygen atoms in total. The molecule has 0 amide bonds. The van der Waals surface area contributed by atoms with Crippen LogP contribution < -0.4 is 23.7 Å². The standard InChI is InChI=1S/C15H8N2O4.C14H8N2O2S/c16-9-19-12-3-1-11(2-4-12)15(18)21-14-7-5-13(6-8-14)20-10-17;15-9-17-11-1-5-13(6-2-11)19-14-7-3-12(4-8-14)18-10-16/h1-8H;1-8H. The molecule has 0 aliphatic heterocycles. The molecule has 0 spiro atoms. The first-order chi connectivity index (χ1) is 19.5. The van der Waals surface area contributed by atoms with Gasteiger partial charge in [-0.1, -0.05) is 11.8 Å². The number of esters is 1. The average molecular weight is 549 g/mol. The minimum absolute atomic E-state index is 0.317. The zero-order valence-corrected chi connectivity index (χ0v) is 21.2. The van der Waals surface area contributed by atoms with Gasteiger partial charge in [0.2, 0.25) is 0 Å². The summed E-state index contributed by atoms with van der Waals surface area (Å²) in [6.07, 6.45) is 6.33. The van der Waals surface area contributed by atoms with Crippen LogP contribution in [0.15, 0.2) is 107 Å². The topological polar surface area (TPSA) is 158 Å². The minimum atomic E-state index is -0.549. The van der Waals surface area contributed by atoms with Gasteiger partial charge in [-0.3, -0.25) is 0 Å². The lowest BCUT2D eigenvalue weighted by Gasteiger charge is -2.05. The number of hydrogen-bond donors (Lipinski definition) is 0. The predicted molar refractivity (Wildman–Crippen MR) is 140 cm³/mol. The van der Waals surface area contributed by atoms with Crippen LogP contribution in [0.1, 0.15) is 10.4 Å². The molecule has 40 heavy (non-hydrogen) atoms. The van der Waals surface area contributed by atoms with Crippen molar-refractivity contribution in [2.24, 2.45) is 0 Å². The molecule has 0 atom stereocenters. The van der Waals surface area contributed by atoms with Crippen molar-refractivity contribution in [3.8, 4) is 53.8 Å². The van der Waals surface area contributed by atoms with Crippen molar-refractivity contribution in [2.45, 2.75) is 9.79 Å². The normalized spacial score (nSPS) is 9.10. The van der Waals surface area contributed by atoms with Crippen molar-refractivity contribution in [3.63, 3.8) is 0 Å². The lowest BCUT2D eigenvalue weighted by atomic mass is 10.2. The van der Waals surface area contributed by atoms with Gasteiger partial charge >= 0.3 is 5.97 Å². The molecule has 0 aliphatic carbocycles. The van der Waals surface area contributed by atoms with Crippen LogP contribution in [0.5, 0.6) is 28.7 Å². The zero-order valence-electron chi connectivity index (χ0n) is 20.4. The molecule has 4 aromatic carbocycles. The van der Waals surface area contributed by atoms with Gasteiger partial charge in [0.1, 0.15) is 28.7 Å². The second-order valence-electron chi connectivity index (χ2n) is 7.20. The number of carbonyl (C=O) groups excluding carboxylic acids is 1. The van der Waals surface area contributed by atoms with Gasteiger partial charge in [-0.2, -0.15) is 0 Å². The monoisotopic (exact) mass is 548 g/mol. The Balaban J connectivity index is 0.000000222. The molecular formula is C29H16N4O6S. The first-order valence-electron chi connectivity index (χ1n) is 11.1. The highest BCUT2D eigenvalue weighted by atomic mass is 32.2. The van der Waals surface area contributed by atoms with E-state index in [0.717, 1.165) is 9.79 Å². The highest BCUT2D eigenvalue weighted by Crippen LogP contribution is 2.30. The molecule has 0 N–H and O–H groups in total. The number of benzene rings is 4. The molecule has 0 saturated heterocycles. The summed E-state index contributed by atoms with van der Waals surface area (Å²) in [5.74, 6) is 1.51. The largest absolute Gasteiger partial charge is 0.423 e. The number of carbonyl (C=O) groups is 1. The molecule has 4 rings (SSSR count). The van der Waals surface area contributed by atoms with Gasteiger partial charge in [0.25, 0.3) is 25.0 Å². The van der Waals surface area contributed by atoms with Crippen molar-refractivity contribution in [2.75, 3.05) is 0 Å². The molecule has 0 saturated carbocycles. The van der Waals surface area contributed by atoms with E-state index in [4.69, 9.17) is 35.3 Å². The summed E-state index contributed by atoms with van der Waals surface area (Å²) in [6.45, 7) is 0. The van der Waals surface area contributed by atoms with E-state index in [1.165, 1.54) is 54.8 Å². The van der Waals surface area contributed by atoms with Gasteiger partial charge < -0.3 is 23.7 Å². The van der Waals surface area contributed by atoms with Crippen molar-refractivity contribution in [1.82, 2.24) is 0 Å². The summed E-state index contributed by atoms with van der Waals surface area (Å²) in [6, 6.07) is 26.4. The molecule has 0 aromatic heterocycles. The summed E-state index contributed by atoms with van der Waals surface area (Å²) in [4.78, 5) is 13.9. The zero-order chi connectivity index (χ0) is 28.6. The molecular weight excluding hydrogens is 532 g/mol. The highest BCUT2D eigenvalue weighted by Gasteiger charge is 2.09. The molecule has 4 aromatic rings. The van der Waals surface area contributed by atoms with Crippen LogP contribution in [0, 0.1) is 46.1 Å². The summed E-state index contributed by atoms with van der Waals surface area (Å²) in [5, 5.41) is 33.5. The van der Waals surface area contributed by atoms with Gasteiger partial charge in [-0.15, -0.1) is 21.0 Å². The molecule has 0 heterocycles. The van der Waals surface area contributed by atoms with E-state index < -0.39 is 5.97 Å². The second-order valence-corrected chi connectivity index (χ2v) is 8.35. The maximum atomic E-state index is 11.9. The quantitative estimate of drug-likeness (QED) is 0.140. The highest BCUT2D eigenvalue weighted by molar-refractivity contribution is 7.99. The molecule has 0 fully saturated rings. The van der Waals surface area contributed by atoms with Crippen LogP contribution in [0.25, 0.3) is 0 Å². The van der Waals surface area contributed by atoms with Crippen molar-refractivity contribution >= 4 is 17.7 Å². The fourth-order valence-corrected chi connectivity index (χ4v) is 3.72. The van der Waals surface area contributed by atoms with Crippen LogP contribution in [0.3, 0.4) is 0 Å². The van der Waals surface area contributed by atoms with Crippen LogP contribution in [-0.2, 0) is 0 Å². The fourth-order valence-electron chi connectivity index (χ4n) is 2.90. The first-order valence-corrected chi connectivity index (χ1v) is 11.9. The fraction of sp³-hybridized carbons (Fsp3) is 0. The smallest absolute Gasteiger partial charge is 0.343 e. The van der Waals surface area contributed by atoms with Gasteiger partial charge in [-0.05, 0) is 97.1 Å². The molecule has 0 radical (unpaired) electrons. The molecule has 0 unspecified atom stereocenters. The molecule has 0 aliphatic rings. The molecule has 0 bridgehead atoms. The van der Waals surface area contributed by atoms with E-state index in [0.29, 0.717) is 34.3 Å². The Morgan fingerprint density at radius 3 is 1.12 bits per heavy atom.